The third kappa shape index (κ3) is 3.71. The van der Waals surface area contributed by atoms with Crippen LogP contribution in [0.1, 0.15) is 25.8 Å². The van der Waals surface area contributed by atoms with E-state index in [1.54, 1.807) is 0 Å². The van der Waals surface area contributed by atoms with Crippen LogP contribution in [0.25, 0.3) is 0 Å². The summed E-state index contributed by atoms with van der Waals surface area (Å²) in [5.74, 6) is 0. The maximum atomic E-state index is 4.25. The Hall–Kier alpha value is -2.03. The third-order valence-corrected chi connectivity index (χ3v) is 2.93. The van der Waals surface area contributed by atoms with Crippen LogP contribution < -0.4 is 10.6 Å². The van der Waals surface area contributed by atoms with E-state index < -0.39 is 0 Å². The second-order valence-electron chi connectivity index (χ2n) is 4.52. The maximum absolute atomic E-state index is 4.25. The molecule has 1 aromatic heterocycles. The fourth-order valence-electron chi connectivity index (χ4n) is 2.09. The lowest BCUT2D eigenvalue weighted by atomic mass is 10.1. The Morgan fingerprint density at radius 2 is 1.84 bits per heavy atom. The number of nitrogens with zero attached hydrogens (tertiary/aromatic N) is 1. The van der Waals surface area contributed by atoms with E-state index in [9.17, 15) is 0 Å². The molecule has 1 heterocycles. The van der Waals surface area contributed by atoms with Gasteiger partial charge >= 0.3 is 0 Å². The van der Waals surface area contributed by atoms with Gasteiger partial charge in [-0.3, -0.25) is 4.98 Å². The van der Waals surface area contributed by atoms with E-state index in [1.807, 2.05) is 12.4 Å². The van der Waals surface area contributed by atoms with Crippen LogP contribution in [0.3, 0.4) is 0 Å². The van der Waals surface area contributed by atoms with Crippen molar-refractivity contribution in [2.24, 2.45) is 0 Å². The first-order valence-corrected chi connectivity index (χ1v) is 6.87. The van der Waals surface area contributed by atoms with Crippen molar-refractivity contribution < 1.29 is 0 Å². The monoisotopic (exact) mass is 255 g/mol. The minimum Gasteiger partial charge on any atom is -0.384 e. The van der Waals surface area contributed by atoms with Gasteiger partial charge in [0.15, 0.2) is 0 Å². The van der Waals surface area contributed by atoms with Crippen LogP contribution >= 0.6 is 0 Å². The van der Waals surface area contributed by atoms with Gasteiger partial charge in [-0.15, -0.1) is 0 Å². The van der Waals surface area contributed by atoms with Gasteiger partial charge in [0.25, 0.3) is 0 Å². The minimum atomic E-state index is 0.900. The highest BCUT2D eigenvalue weighted by Crippen LogP contribution is 2.23. The van der Waals surface area contributed by atoms with Crippen LogP contribution in [0.5, 0.6) is 0 Å². The van der Waals surface area contributed by atoms with Gasteiger partial charge in [0.05, 0.1) is 23.8 Å². The van der Waals surface area contributed by atoms with Gasteiger partial charge < -0.3 is 10.6 Å². The van der Waals surface area contributed by atoms with E-state index >= 15 is 0 Å². The molecule has 0 atom stereocenters. The Morgan fingerprint density at radius 3 is 2.63 bits per heavy atom. The van der Waals surface area contributed by atoms with E-state index in [0.29, 0.717) is 0 Å². The zero-order valence-corrected chi connectivity index (χ0v) is 11.6. The first kappa shape index (κ1) is 13.4. The molecule has 2 rings (SSSR count). The van der Waals surface area contributed by atoms with Gasteiger partial charge in [-0.05, 0) is 31.0 Å². The van der Waals surface area contributed by atoms with Gasteiger partial charge in [-0.25, -0.2) is 0 Å². The van der Waals surface area contributed by atoms with Crippen LogP contribution in [0.15, 0.2) is 42.7 Å². The summed E-state index contributed by atoms with van der Waals surface area (Å²) in [5, 5.41) is 6.72. The zero-order chi connectivity index (χ0) is 13.5. The smallest absolute Gasteiger partial charge is 0.0591 e. The van der Waals surface area contributed by atoms with Gasteiger partial charge in [-0.2, -0.15) is 0 Å². The molecule has 0 aliphatic rings. The molecule has 0 unspecified atom stereocenters. The van der Waals surface area contributed by atoms with E-state index in [1.165, 1.54) is 11.3 Å². The summed E-state index contributed by atoms with van der Waals surface area (Å²) in [6, 6.07) is 10.5. The summed E-state index contributed by atoms with van der Waals surface area (Å²) in [6.45, 7) is 5.18. The number of para-hydroxylation sites is 1. The number of aromatic nitrogens is 1. The fourth-order valence-corrected chi connectivity index (χ4v) is 2.09. The summed E-state index contributed by atoms with van der Waals surface area (Å²) in [6.07, 6.45) is 5.92. The second kappa shape index (κ2) is 6.78. The SMILES string of the molecule is CCCc1ccccc1Nc1cncc(NCC)c1. The molecule has 0 saturated carbocycles. The topological polar surface area (TPSA) is 37.0 Å². The molecule has 0 aliphatic carbocycles. The molecule has 0 fully saturated rings. The number of benzene rings is 1. The molecule has 3 heteroatoms. The number of hydrogen-bond donors (Lipinski definition) is 2. The van der Waals surface area contributed by atoms with Crippen LogP contribution in [-0.2, 0) is 6.42 Å². The normalized spacial score (nSPS) is 10.2. The van der Waals surface area contributed by atoms with Gasteiger partial charge in [-0.1, -0.05) is 31.5 Å². The standard InChI is InChI=1S/C16H21N3/c1-3-7-13-8-5-6-9-16(13)19-15-10-14(18-4-2)11-17-12-15/h5-6,8-12,18-19H,3-4,7H2,1-2H3. The van der Waals surface area contributed by atoms with Crippen LogP contribution in [-0.4, -0.2) is 11.5 Å². The predicted octanol–water partition coefficient (Wildman–Crippen LogP) is 4.21. The van der Waals surface area contributed by atoms with Gasteiger partial charge in [0.1, 0.15) is 0 Å². The van der Waals surface area contributed by atoms with Gasteiger partial charge in [0.2, 0.25) is 0 Å². The first-order valence-electron chi connectivity index (χ1n) is 6.87. The van der Waals surface area contributed by atoms with Crippen molar-refractivity contribution in [3.8, 4) is 0 Å². The summed E-state index contributed by atoms with van der Waals surface area (Å²) in [5.41, 5.74) is 4.57. The summed E-state index contributed by atoms with van der Waals surface area (Å²) in [7, 11) is 0. The summed E-state index contributed by atoms with van der Waals surface area (Å²) < 4.78 is 0. The number of pyridine rings is 1. The Labute approximate surface area is 115 Å². The quantitative estimate of drug-likeness (QED) is 0.812. The highest BCUT2D eigenvalue weighted by molar-refractivity contribution is 5.65. The molecular weight excluding hydrogens is 234 g/mol. The second-order valence-corrected chi connectivity index (χ2v) is 4.52. The van der Waals surface area contributed by atoms with Crippen LogP contribution in [0, 0.1) is 0 Å². The third-order valence-electron chi connectivity index (χ3n) is 2.93. The van der Waals surface area contributed by atoms with Crippen molar-refractivity contribution in [1.82, 2.24) is 4.98 Å². The van der Waals surface area contributed by atoms with E-state index in [0.717, 1.165) is 30.8 Å². The molecule has 1 aromatic carbocycles. The van der Waals surface area contributed by atoms with Crippen molar-refractivity contribution in [2.45, 2.75) is 26.7 Å². The van der Waals surface area contributed by atoms with Crippen molar-refractivity contribution in [1.29, 1.82) is 0 Å². The lowest BCUT2D eigenvalue weighted by Gasteiger charge is -2.12. The largest absolute Gasteiger partial charge is 0.384 e. The van der Waals surface area contributed by atoms with Crippen LogP contribution in [0.2, 0.25) is 0 Å². The van der Waals surface area contributed by atoms with Crippen molar-refractivity contribution in [3.05, 3.63) is 48.3 Å². The predicted molar refractivity (Wildman–Crippen MR) is 82.1 cm³/mol. The Kier molecular flexibility index (Phi) is 4.78. The number of nitrogens with one attached hydrogen (secondary N) is 2. The zero-order valence-electron chi connectivity index (χ0n) is 11.6. The number of aryl methyl sites for hydroxylation is 1. The molecule has 0 saturated heterocycles. The molecule has 0 aliphatic heterocycles. The number of rotatable bonds is 6. The van der Waals surface area contributed by atoms with E-state index in [2.05, 4.69) is 59.8 Å². The van der Waals surface area contributed by atoms with E-state index in [-0.39, 0.29) is 0 Å². The van der Waals surface area contributed by atoms with Crippen LogP contribution in [0.4, 0.5) is 17.1 Å². The molecule has 2 N–H and O–H groups in total. The molecule has 0 spiro atoms. The Balaban J connectivity index is 2.18. The summed E-state index contributed by atoms with van der Waals surface area (Å²) >= 11 is 0. The van der Waals surface area contributed by atoms with Crippen molar-refractivity contribution in [2.75, 3.05) is 17.2 Å². The lowest BCUT2D eigenvalue weighted by molar-refractivity contribution is 0.923. The Bertz CT molecular complexity index is 523. The van der Waals surface area contributed by atoms with Crippen molar-refractivity contribution >= 4 is 17.1 Å². The molecule has 0 radical (unpaired) electrons. The molecule has 2 aromatic rings. The molecule has 0 bridgehead atoms. The fraction of sp³-hybridized carbons (Fsp3) is 0.312. The van der Waals surface area contributed by atoms with Gasteiger partial charge in [0, 0.05) is 12.2 Å². The molecular formula is C16H21N3. The first-order chi connectivity index (χ1) is 9.33. The average molecular weight is 255 g/mol. The highest BCUT2D eigenvalue weighted by atomic mass is 14.9. The molecule has 0 amide bonds. The highest BCUT2D eigenvalue weighted by Gasteiger charge is 2.02. The number of hydrogen-bond acceptors (Lipinski definition) is 3. The Morgan fingerprint density at radius 1 is 1.05 bits per heavy atom. The maximum Gasteiger partial charge on any atom is 0.0591 e. The molecule has 19 heavy (non-hydrogen) atoms. The number of anilines is 3. The summed E-state index contributed by atoms with van der Waals surface area (Å²) in [4.78, 5) is 4.25. The molecule has 100 valence electrons. The van der Waals surface area contributed by atoms with E-state index in [4.69, 9.17) is 0 Å². The minimum absolute atomic E-state index is 0.900. The average Bonchev–Trinajstić information content (AvgIpc) is 2.42. The lowest BCUT2D eigenvalue weighted by Crippen LogP contribution is -2.00. The molecule has 3 nitrogen and oxygen atoms in total. The van der Waals surface area contributed by atoms with Crippen molar-refractivity contribution in [3.63, 3.8) is 0 Å².